The van der Waals surface area contributed by atoms with Crippen LogP contribution < -0.4 is 5.32 Å². The number of nitrogens with one attached hydrogen (secondary N) is 1. The Bertz CT molecular complexity index is 476. The minimum atomic E-state index is 0.161. The van der Waals surface area contributed by atoms with E-state index in [-0.39, 0.29) is 6.04 Å². The van der Waals surface area contributed by atoms with Crippen molar-refractivity contribution in [1.29, 1.82) is 0 Å². The Balaban J connectivity index is 2.27. The van der Waals surface area contributed by atoms with Crippen LogP contribution in [-0.4, -0.2) is 16.5 Å². The van der Waals surface area contributed by atoms with Crippen molar-refractivity contribution in [3.8, 4) is 0 Å². The van der Waals surface area contributed by atoms with Gasteiger partial charge in [0.15, 0.2) is 0 Å². The number of aromatic nitrogens is 2. The molecule has 0 amide bonds. The Morgan fingerprint density at radius 2 is 2.17 bits per heavy atom. The van der Waals surface area contributed by atoms with Crippen LogP contribution in [-0.2, 0) is 6.42 Å². The van der Waals surface area contributed by atoms with Crippen molar-refractivity contribution < 1.29 is 0 Å². The molecule has 1 atom stereocenters. The van der Waals surface area contributed by atoms with E-state index in [1.54, 1.807) is 22.7 Å². The molecule has 3 nitrogen and oxygen atoms in total. The maximum atomic E-state index is 4.76. The highest BCUT2D eigenvalue weighted by atomic mass is 32.1. The van der Waals surface area contributed by atoms with Gasteiger partial charge >= 0.3 is 0 Å². The van der Waals surface area contributed by atoms with Crippen molar-refractivity contribution in [3.05, 3.63) is 32.2 Å². The predicted octanol–water partition coefficient (Wildman–Crippen LogP) is 3.56. The Morgan fingerprint density at radius 1 is 1.33 bits per heavy atom. The zero-order chi connectivity index (χ0) is 13.0. The van der Waals surface area contributed by atoms with Crippen molar-refractivity contribution >= 4 is 22.7 Å². The first kappa shape index (κ1) is 13.6. The molecule has 2 aromatic heterocycles. The summed E-state index contributed by atoms with van der Waals surface area (Å²) in [6, 6.07) is 0.161. The van der Waals surface area contributed by atoms with E-state index in [1.165, 1.54) is 10.6 Å². The molecular weight excluding hydrogens is 262 g/mol. The lowest BCUT2D eigenvalue weighted by Gasteiger charge is -2.13. The molecule has 0 saturated heterocycles. The predicted molar refractivity (Wildman–Crippen MR) is 78.5 cm³/mol. The lowest BCUT2D eigenvalue weighted by molar-refractivity contribution is 0.592. The highest BCUT2D eigenvalue weighted by molar-refractivity contribution is 7.12. The van der Waals surface area contributed by atoms with Gasteiger partial charge in [-0.25, -0.2) is 9.97 Å². The lowest BCUT2D eigenvalue weighted by Crippen LogP contribution is -2.23. The SMILES string of the molecule is CCCNC(c1nccs1)c1nc(CC)c(C)s1. The summed E-state index contributed by atoms with van der Waals surface area (Å²) < 4.78 is 0. The summed E-state index contributed by atoms with van der Waals surface area (Å²) in [7, 11) is 0. The van der Waals surface area contributed by atoms with Crippen LogP contribution >= 0.6 is 22.7 Å². The normalized spacial score (nSPS) is 12.8. The van der Waals surface area contributed by atoms with E-state index in [2.05, 4.69) is 31.1 Å². The van der Waals surface area contributed by atoms with Crippen LogP contribution in [0.5, 0.6) is 0 Å². The molecule has 0 radical (unpaired) electrons. The average molecular weight is 281 g/mol. The third kappa shape index (κ3) is 2.96. The molecule has 0 spiro atoms. The highest BCUT2D eigenvalue weighted by Gasteiger charge is 2.20. The number of hydrogen-bond acceptors (Lipinski definition) is 5. The molecule has 0 aliphatic rings. The molecule has 2 rings (SSSR count). The van der Waals surface area contributed by atoms with Crippen LogP contribution in [0.15, 0.2) is 11.6 Å². The van der Waals surface area contributed by atoms with Gasteiger partial charge in [-0.1, -0.05) is 13.8 Å². The summed E-state index contributed by atoms with van der Waals surface area (Å²) in [5.41, 5.74) is 1.22. The Hall–Kier alpha value is -0.780. The Labute approximate surface area is 116 Å². The summed E-state index contributed by atoms with van der Waals surface area (Å²) in [5.74, 6) is 0. The summed E-state index contributed by atoms with van der Waals surface area (Å²) in [6.07, 6.45) is 3.98. The van der Waals surface area contributed by atoms with Crippen LogP contribution in [0.3, 0.4) is 0 Å². The van der Waals surface area contributed by atoms with E-state index in [0.717, 1.165) is 29.4 Å². The molecule has 2 aromatic rings. The Kier molecular flexibility index (Phi) is 4.86. The first-order valence-corrected chi connectivity index (χ1v) is 8.04. The van der Waals surface area contributed by atoms with Gasteiger partial charge in [0.25, 0.3) is 0 Å². The smallest absolute Gasteiger partial charge is 0.117 e. The largest absolute Gasteiger partial charge is 0.302 e. The standard InChI is InChI=1S/C13H19N3S2/c1-4-6-14-11(12-15-7-8-17-12)13-16-10(5-2)9(3)18-13/h7-8,11,14H,4-6H2,1-3H3. The number of rotatable bonds is 6. The minimum absolute atomic E-state index is 0.161. The summed E-state index contributed by atoms with van der Waals surface area (Å²) in [6.45, 7) is 7.48. The van der Waals surface area contributed by atoms with Crippen molar-refractivity contribution in [1.82, 2.24) is 15.3 Å². The molecule has 0 aromatic carbocycles. The number of nitrogens with zero attached hydrogens (tertiary/aromatic N) is 2. The van der Waals surface area contributed by atoms with Crippen LogP contribution in [0.1, 0.15) is 46.9 Å². The van der Waals surface area contributed by atoms with E-state index in [4.69, 9.17) is 4.98 Å². The van der Waals surface area contributed by atoms with Gasteiger partial charge in [0.2, 0.25) is 0 Å². The van der Waals surface area contributed by atoms with Gasteiger partial charge in [-0.05, 0) is 26.3 Å². The minimum Gasteiger partial charge on any atom is -0.302 e. The molecule has 0 saturated carbocycles. The van der Waals surface area contributed by atoms with E-state index >= 15 is 0 Å². The summed E-state index contributed by atoms with van der Waals surface area (Å²) in [4.78, 5) is 10.5. The first-order valence-electron chi connectivity index (χ1n) is 6.35. The third-order valence-electron chi connectivity index (χ3n) is 2.79. The second-order valence-electron chi connectivity index (χ2n) is 4.17. The number of aryl methyl sites for hydroxylation is 2. The molecule has 0 bridgehead atoms. The topological polar surface area (TPSA) is 37.8 Å². The van der Waals surface area contributed by atoms with Crippen LogP contribution in [0.2, 0.25) is 0 Å². The second-order valence-corrected chi connectivity index (χ2v) is 6.33. The van der Waals surface area contributed by atoms with Crippen molar-refractivity contribution in [2.45, 2.75) is 39.7 Å². The van der Waals surface area contributed by atoms with Crippen LogP contribution in [0, 0.1) is 6.92 Å². The molecule has 2 heterocycles. The van der Waals surface area contributed by atoms with Crippen molar-refractivity contribution in [2.24, 2.45) is 0 Å². The van der Waals surface area contributed by atoms with Crippen molar-refractivity contribution in [3.63, 3.8) is 0 Å². The van der Waals surface area contributed by atoms with Gasteiger partial charge in [-0.2, -0.15) is 0 Å². The maximum absolute atomic E-state index is 4.76. The van der Waals surface area contributed by atoms with E-state index in [9.17, 15) is 0 Å². The number of hydrogen-bond donors (Lipinski definition) is 1. The first-order chi connectivity index (χ1) is 8.76. The molecule has 0 aliphatic carbocycles. The maximum Gasteiger partial charge on any atom is 0.117 e. The van der Waals surface area contributed by atoms with Crippen molar-refractivity contribution in [2.75, 3.05) is 6.54 Å². The average Bonchev–Trinajstić information content (AvgIpc) is 3.00. The molecule has 5 heteroatoms. The zero-order valence-corrected chi connectivity index (χ0v) is 12.7. The molecule has 0 aliphatic heterocycles. The highest BCUT2D eigenvalue weighted by Crippen LogP contribution is 2.29. The van der Waals surface area contributed by atoms with E-state index in [0.29, 0.717) is 0 Å². The monoisotopic (exact) mass is 281 g/mol. The fourth-order valence-electron chi connectivity index (χ4n) is 1.85. The van der Waals surface area contributed by atoms with Gasteiger partial charge in [-0.15, -0.1) is 22.7 Å². The number of thiazole rings is 2. The summed E-state index contributed by atoms with van der Waals surface area (Å²) >= 11 is 3.48. The molecule has 98 valence electrons. The molecule has 18 heavy (non-hydrogen) atoms. The fourth-order valence-corrected chi connectivity index (χ4v) is 3.73. The van der Waals surface area contributed by atoms with Crippen LogP contribution in [0.4, 0.5) is 0 Å². The summed E-state index contributed by atoms with van der Waals surface area (Å²) in [5, 5.41) is 7.83. The van der Waals surface area contributed by atoms with Gasteiger partial charge in [-0.3, -0.25) is 0 Å². The molecule has 1 unspecified atom stereocenters. The van der Waals surface area contributed by atoms with E-state index < -0.39 is 0 Å². The zero-order valence-electron chi connectivity index (χ0n) is 11.1. The van der Waals surface area contributed by atoms with Gasteiger partial charge in [0.05, 0.1) is 5.69 Å². The fraction of sp³-hybridized carbons (Fsp3) is 0.538. The second kappa shape index (κ2) is 6.41. The molecule has 1 N–H and O–H groups in total. The lowest BCUT2D eigenvalue weighted by atomic mass is 10.3. The molecule has 0 fully saturated rings. The van der Waals surface area contributed by atoms with Gasteiger partial charge in [0, 0.05) is 16.5 Å². The van der Waals surface area contributed by atoms with Gasteiger partial charge < -0.3 is 5.32 Å². The van der Waals surface area contributed by atoms with E-state index in [1.807, 2.05) is 11.6 Å². The quantitative estimate of drug-likeness (QED) is 0.879. The molecular formula is C13H19N3S2. The third-order valence-corrected chi connectivity index (χ3v) is 4.71. The van der Waals surface area contributed by atoms with Gasteiger partial charge in [0.1, 0.15) is 16.1 Å². The Morgan fingerprint density at radius 3 is 2.72 bits per heavy atom. The van der Waals surface area contributed by atoms with Crippen LogP contribution in [0.25, 0.3) is 0 Å².